The maximum atomic E-state index is 12.4. The first-order chi connectivity index (χ1) is 20.9. The Bertz CT molecular complexity index is 1580. The number of anilines is 1. The lowest BCUT2D eigenvalue weighted by Crippen LogP contribution is -2.66. The summed E-state index contributed by atoms with van der Waals surface area (Å²) in [6, 6.07) is 13.1. The van der Waals surface area contributed by atoms with Crippen molar-refractivity contribution in [2.75, 3.05) is 44.3 Å². The predicted octanol–water partition coefficient (Wildman–Crippen LogP) is 5.48. The van der Waals surface area contributed by atoms with E-state index in [-0.39, 0.29) is 28.9 Å². The first-order valence-electron chi connectivity index (χ1n) is 16.4. The van der Waals surface area contributed by atoms with Crippen LogP contribution in [-0.4, -0.2) is 76.7 Å². The molecule has 2 bridgehead atoms. The van der Waals surface area contributed by atoms with E-state index in [1.807, 2.05) is 30.2 Å². The van der Waals surface area contributed by atoms with Crippen molar-refractivity contribution < 1.29 is 19.0 Å². The maximum Gasteiger partial charge on any atom is 0.410 e. The molecule has 4 atom stereocenters. The Balaban J connectivity index is 0.913. The molecule has 1 amide bonds. The van der Waals surface area contributed by atoms with Crippen LogP contribution in [0, 0.1) is 24.2 Å². The number of pyridine rings is 1. The maximum absolute atomic E-state index is 12.4. The number of rotatable bonds is 6. The molecule has 3 unspecified atom stereocenters. The molecule has 3 aromatic rings. The van der Waals surface area contributed by atoms with E-state index >= 15 is 0 Å². The van der Waals surface area contributed by atoms with Crippen LogP contribution in [0.15, 0.2) is 42.6 Å². The first-order valence-corrected chi connectivity index (χ1v) is 16.4. The summed E-state index contributed by atoms with van der Waals surface area (Å²) in [5.41, 5.74) is 4.08. The van der Waals surface area contributed by atoms with Crippen LogP contribution < -0.4 is 4.90 Å². The van der Waals surface area contributed by atoms with E-state index in [1.54, 1.807) is 0 Å². The molecule has 6 aliphatic rings. The number of aromatic nitrogens is 3. The molecular weight excluding hydrogens is 554 g/mol. The number of amides is 1. The van der Waals surface area contributed by atoms with Crippen LogP contribution in [0.1, 0.15) is 70.3 Å². The number of carbonyl (C=O) groups excluding carboxylic acids is 1. The average molecular weight is 600 g/mol. The van der Waals surface area contributed by atoms with Gasteiger partial charge in [-0.1, -0.05) is 37.3 Å². The first kappa shape index (κ1) is 28.3. The molecule has 0 radical (unpaired) electrons. The number of ether oxygens (including phenoxy) is 3. The van der Waals surface area contributed by atoms with Gasteiger partial charge in [-0.2, -0.15) is 0 Å². The van der Waals surface area contributed by atoms with E-state index in [2.05, 4.69) is 61.3 Å². The van der Waals surface area contributed by atoms with Crippen LogP contribution in [0.25, 0.3) is 5.65 Å². The fourth-order valence-corrected chi connectivity index (χ4v) is 8.57. The third-order valence-corrected chi connectivity index (χ3v) is 11.1. The van der Waals surface area contributed by atoms with Crippen LogP contribution in [0.4, 0.5) is 10.5 Å². The van der Waals surface area contributed by atoms with E-state index in [1.165, 1.54) is 11.3 Å². The molecule has 1 aromatic carbocycles. The molecule has 0 N–H and O–H groups in total. The summed E-state index contributed by atoms with van der Waals surface area (Å²) in [7, 11) is 0. The van der Waals surface area contributed by atoms with Crippen molar-refractivity contribution in [1.82, 2.24) is 19.5 Å². The molecule has 6 fully saturated rings. The van der Waals surface area contributed by atoms with E-state index in [0.717, 1.165) is 75.5 Å². The lowest BCUT2D eigenvalue weighted by atomic mass is 9.61. The van der Waals surface area contributed by atoms with E-state index < -0.39 is 11.2 Å². The summed E-state index contributed by atoms with van der Waals surface area (Å²) < 4.78 is 20.4. The van der Waals surface area contributed by atoms with Crippen LogP contribution in [-0.2, 0) is 25.2 Å². The summed E-state index contributed by atoms with van der Waals surface area (Å²) in [5, 5.41) is 5.05. The van der Waals surface area contributed by atoms with Crippen LogP contribution in [0.3, 0.4) is 0 Å². The normalized spacial score (nSPS) is 30.8. The molecule has 9 rings (SSSR count). The van der Waals surface area contributed by atoms with Crippen molar-refractivity contribution in [3.8, 4) is 0 Å². The smallest absolute Gasteiger partial charge is 0.410 e. The molecule has 2 saturated carbocycles. The van der Waals surface area contributed by atoms with Crippen molar-refractivity contribution in [3.05, 3.63) is 59.5 Å². The van der Waals surface area contributed by atoms with Gasteiger partial charge in [-0.25, -0.2) is 14.3 Å². The molecule has 2 aromatic heterocycles. The summed E-state index contributed by atoms with van der Waals surface area (Å²) in [5.74, 6) is 1.58. The van der Waals surface area contributed by atoms with E-state index in [0.29, 0.717) is 12.5 Å². The molecule has 234 valence electrons. The fraction of sp³-hybridized carbons (Fsp3) is 0.629. The Morgan fingerprint density at radius 1 is 1.11 bits per heavy atom. The Hall–Kier alpha value is -3.17. The van der Waals surface area contributed by atoms with Crippen molar-refractivity contribution in [2.45, 2.75) is 83.0 Å². The van der Waals surface area contributed by atoms with Crippen molar-refractivity contribution in [2.24, 2.45) is 17.3 Å². The van der Waals surface area contributed by atoms with E-state index in [9.17, 15) is 4.79 Å². The highest BCUT2D eigenvalue weighted by Crippen LogP contribution is 2.59. The lowest BCUT2D eigenvalue weighted by Gasteiger charge is -2.58. The van der Waals surface area contributed by atoms with Gasteiger partial charge in [-0.05, 0) is 76.5 Å². The quantitative estimate of drug-likeness (QED) is 0.371. The highest BCUT2D eigenvalue weighted by molar-refractivity contribution is 5.69. The van der Waals surface area contributed by atoms with Gasteiger partial charge in [0, 0.05) is 42.9 Å². The standard InChI is InChI=1S/C35H45N5O4/c1-23-13-26(38-12-11-33(5,20-38)25-9-7-6-8-10-25)17-40-29(23)36-30(37-40)35-14-24(18-43-35)28(35)19-42-27-15-34(16-27)21-39(22-34)31(41)44-32(2,3)4/h6-10,13,17,24,27-28H,11-12,14-16,18-22H2,1-5H3/t24?,28?,33-,35?/m0/s1. The van der Waals surface area contributed by atoms with Gasteiger partial charge in [0.15, 0.2) is 11.5 Å². The summed E-state index contributed by atoms with van der Waals surface area (Å²) >= 11 is 0. The number of likely N-dealkylation sites (tertiary alicyclic amines) is 1. The molecule has 44 heavy (non-hydrogen) atoms. The van der Waals surface area contributed by atoms with Crippen LogP contribution in [0.2, 0.25) is 0 Å². The monoisotopic (exact) mass is 599 g/mol. The second kappa shape index (κ2) is 9.66. The molecule has 4 aliphatic heterocycles. The zero-order valence-corrected chi connectivity index (χ0v) is 26.7. The summed E-state index contributed by atoms with van der Waals surface area (Å²) in [4.78, 5) is 21.7. The number of aryl methyl sites for hydroxylation is 1. The van der Waals surface area contributed by atoms with Crippen LogP contribution >= 0.6 is 0 Å². The molecule has 2 aliphatic carbocycles. The van der Waals surface area contributed by atoms with Gasteiger partial charge in [0.1, 0.15) is 11.2 Å². The van der Waals surface area contributed by atoms with Crippen molar-refractivity contribution in [1.29, 1.82) is 0 Å². The molecule has 9 heteroatoms. The molecular formula is C35H45N5O4. The SMILES string of the molecule is Cc1cc(N2CC[C@](C)(c3ccccc3)C2)cn2nc(C34CC(CO3)C4COC3CC4(C3)CN(C(=O)OC(C)(C)C)C4)nc12. The zero-order valence-electron chi connectivity index (χ0n) is 26.7. The second-order valence-corrected chi connectivity index (χ2v) is 15.7. The highest BCUT2D eigenvalue weighted by atomic mass is 16.6. The van der Waals surface area contributed by atoms with Gasteiger partial charge in [0.25, 0.3) is 0 Å². The summed E-state index contributed by atoms with van der Waals surface area (Å²) in [6.07, 6.45) is 6.29. The Morgan fingerprint density at radius 3 is 2.61 bits per heavy atom. The zero-order chi connectivity index (χ0) is 30.5. The number of hydrogen-bond acceptors (Lipinski definition) is 7. The van der Waals surface area contributed by atoms with Gasteiger partial charge in [-0.3, -0.25) is 0 Å². The molecule has 9 nitrogen and oxygen atoms in total. The van der Waals surface area contributed by atoms with Gasteiger partial charge in [-0.15, -0.1) is 5.10 Å². The third kappa shape index (κ3) is 4.52. The Labute approximate surface area is 259 Å². The van der Waals surface area contributed by atoms with Crippen molar-refractivity contribution in [3.63, 3.8) is 0 Å². The summed E-state index contributed by atoms with van der Waals surface area (Å²) in [6.45, 7) is 15.2. The Morgan fingerprint density at radius 2 is 1.89 bits per heavy atom. The highest BCUT2D eigenvalue weighted by Gasteiger charge is 2.64. The largest absolute Gasteiger partial charge is 0.444 e. The molecule has 1 spiro atoms. The predicted molar refractivity (Wildman–Crippen MR) is 167 cm³/mol. The van der Waals surface area contributed by atoms with Gasteiger partial charge < -0.3 is 24.0 Å². The van der Waals surface area contributed by atoms with Gasteiger partial charge in [0.2, 0.25) is 0 Å². The number of carbonyl (C=O) groups is 1. The minimum atomic E-state index is -0.458. The number of fused-ring (bicyclic) bond motifs is 2. The average Bonchev–Trinajstić information content (AvgIpc) is 3.70. The van der Waals surface area contributed by atoms with Crippen LogP contribution in [0.5, 0.6) is 0 Å². The number of benzene rings is 1. The Kier molecular flexibility index (Phi) is 6.22. The third-order valence-electron chi connectivity index (χ3n) is 11.1. The van der Waals surface area contributed by atoms with E-state index in [4.69, 9.17) is 24.3 Å². The number of hydrogen-bond donors (Lipinski definition) is 0. The number of nitrogens with zero attached hydrogens (tertiary/aromatic N) is 5. The van der Waals surface area contributed by atoms with Crippen molar-refractivity contribution >= 4 is 17.4 Å². The minimum Gasteiger partial charge on any atom is -0.444 e. The topological polar surface area (TPSA) is 81.4 Å². The van der Waals surface area contributed by atoms with Gasteiger partial charge >= 0.3 is 6.09 Å². The fourth-order valence-electron chi connectivity index (χ4n) is 8.57. The van der Waals surface area contributed by atoms with Gasteiger partial charge in [0.05, 0.1) is 31.2 Å². The lowest BCUT2D eigenvalue weighted by molar-refractivity contribution is -0.172. The molecule has 6 heterocycles. The minimum absolute atomic E-state index is 0.138. The second-order valence-electron chi connectivity index (χ2n) is 15.7. The molecule has 4 saturated heterocycles.